The third kappa shape index (κ3) is 2.66. The topological polar surface area (TPSA) is 56.3 Å². The fourth-order valence-corrected chi connectivity index (χ4v) is 3.73. The lowest BCUT2D eigenvalue weighted by molar-refractivity contribution is 0.0730. The molecule has 0 spiro atoms. The third-order valence-electron chi connectivity index (χ3n) is 4.76. The van der Waals surface area contributed by atoms with Crippen LogP contribution in [0, 0.1) is 6.92 Å². The normalized spacial score (nSPS) is 14.0. The number of H-pyrrole nitrogens is 1. The summed E-state index contributed by atoms with van der Waals surface area (Å²) >= 11 is 12.2. The zero-order valence-electron chi connectivity index (χ0n) is 13.6. The van der Waals surface area contributed by atoms with E-state index >= 15 is 0 Å². The summed E-state index contributed by atoms with van der Waals surface area (Å²) < 4.78 is 0. The lowest BCUT2D eigenvalue weighted by atomic mass is 10.0. The summed E-state index contributed by atoms with van der Waals surface area (Å²) in [5.41, 5.74) is 4.20. The van der Waals surface area contributed by atoms with Crippen LogP contribution in [0.2, 0.25) is 10.0 Å². The number of halogens is 2. The summed E-state index contributed by atoms with van der Waals surface area (Å²) in [5, 5.41) is 12.3. The quantitative estimate of drug-likeness (QED) is 0.649. The molecule has 1 amide bonds. The van der Waals surface area contributed by atoms with Crippen molar-refractivity contribution in [3.05, 3.63) is 62.8 Å². The minimum atomic E-state index is -0.221. The van der Waals surface area contributed by atoms with Gasteiger partial charge in [0.05, 0.1) is 17.1 Å². The minimum Gasteiger partial charge on any atom is -0.506 e. The Kier molecular flexibility index (Phi) is 3.89. The molecule has 0 saturated carbocycles. The number of benzene rings is 2. The molecule has 4 rings (SSSR count). The maximum absolute atomic E-state index is 12.8. The summed E-state index contributed by atoms with van der Waals surface area (Å²) in [6, 6.07) is 9.12. The molecule has 0 fully saturated rings. The maximum atomic E-state index is 12.8. The monoisotopic (exact) mass is 374 g/mol. The number of carbonyl (C=O) groups is 1. The Bertz CT molecular complexity index is 1010. The number of aromatic amines is 1. The van der Waals surface area contributed by atoms with Crippen molar-refractivity contribution in [1.29, 1.82) is 0 Å². The van der Waals surface area contributed by atoms with Gasteiger partial charge >= 0.3 is 0 Å². The van der Waals surface area contributed by atoms with Crippen molar-refractivity contribution in [2.24, 2.45) is 0 Å². The van der Waals surface area contributed by atoms with E-state index in [1.807, 2.05) is 18.2 Å². The molecule has 1 aliphatic rings. The first-order valence-corrected chi connectivity index (χ1v) is 8.77. The summed E-state index contributed by atoms with van der Waals surface area (Å²) in [4.78, 5) is 17.9. The zero-order chi connectivity index (χ0) is 17.7. The summed E-state index contributed by atoms with van der Waals surface area (Å²) in [7, 11) is 0. The average molecular weight is 375 g/mol. The number of phenols is 1. The number of nitrogens with zero attached hydrogens (tertiary/aromatic N) is 1. The predicted molar refractivity (Wildman–Crippen MR) is 99.6 cm³/mol. The minimum absolute atomic E-state index is 0.152. The largest absolute Gasteiger partial charge is 0.506 e. The highest BCUT2D eigenvalue weighted by Crippen LogP contribution is 2.34. The Morgan fingerprint density at radius 1 is 1.24 bits per heavy atom. The molecule has 1 aliphatic heterocycles. The molecule has 0 bridgehead atoms. The fraction of sp³-hybridized carbons (Fsp3) is 0.211. The van der Waals surface area contributed by atoms with Gasteiger partial charge < -0.3 is 15.0 Å². The van der Waals surface area contributed by atoms with E-state index in [2.05, 4.69) is 4.98 Å². The molecule has 0 aliphatic carbocycles. The molecule has 3 aromatic rings. The van der Waals surface area contributed by atoms with Crippen LogP contribution in [-0.4, -0.2) is 27.4 Å². The third-order valence-corrected chi connectivity index (χ3v) is 5.48. The van der Waals surface area contributed by atoms with Crippen LogP contribution in [0.3, 0.4) is 0 Å². The van der Waals surface area contributed by atoms with Crippen LogP contribution in [0.15, 0.2) is 30.3 Å². The number of hydrogen-bond donors (Lipinski definition) is 2. The van der Waals surface area contributed by atoms with Crippen molar-refractivity contribution >= 4 is 40.0 Å². The van der Waals surface area contributed by atoms with Gasteiger partial charge in [-0.25, -0.2) is 0 Å². The number of amides is 1. The molecule has 128 valence electrons. The molecule has 0 atom stereocenters. The maximum Gasteiger partial charge on any atom is 0.258 e. The van der Waals surface area contributed by atoms with Crippen molar-refractivity contribution in [3.63, 3.8) is 0 Å². The standard InChI is InChI=1S/C19H16Cl2N2O2/c1-10-2-4-13(18(24)17(10)21)19(25)23-7-6-12-14-8-11(20)3-5-15(14)22-16(12)9-23/h2-5,8,22,24H,6-7,9H2,1H3. The fourth-order valence-electron chi connectivity index (χ4n) is 3.39. The van der Waals surface area contributed by atoms with E-state index in [9.17, 15) is 9.90 Å². The smallest absolute Gasteiger partial charge is 0.258 e. The number of rotatable bonds is 1. The molecule has 1 aromatic heterocycles. The van der Waals surface area contributed by atoms with Gasteiger partial charge in [0.1, 0.15) is 5.75 Å². The van der Waals surface area contributed by atoms with Gasteiger partial charge in [0.15, 0.2) is 0 Å². The van der Waals surface area contributed by atoms with Gasteiger partial charge in [-0.2, -0.15) is 0 Å². The molecule has 0 unspecified atom stereocenters. The number of hydrogen-bond acceptors (Lipinski definition) is 2. The van der Waals surface area contributed by atoms with E-state index in [1.165, 1.54) is 5.56 Å². The molecule has 2 aromatic carbocycles. The van der Waals surface area contributed by atoms with E-state index in [0.717, 1.165) is 28.6 Å². The van der Waals surface area contributed by atoms with Gasteiger partial charge in [-0.15, -0.1) is 0 Å². The number of fused-ring (bicyclic) bond motifs is 3. The molecule has 6 heteroatoms. The molecule has 2 heterocycles. The Hall–Kier alpha value is -2.17. The Labute approximate surface area is 155 Å². The van der Waals surface area contributed by atoms with Crippen molar-refractivity contribution in [3.8, 4) is 5.75 Å². The van der Waals surface area contributed by atoms with Crippen LogP contribution in [0.1, 0.15) is 27.2 Å². The van der Waals surface area contributed by atoms with Gasteiger partial charge in [-0.05, 0) is 48.7 Å². The van der Waals surface area contributed by atoms with Gasteiger partial charge in [-0.3, -0.25) is 4.79 Å². The van der Waals surface area contributed by atoms with Crippen LogP contribution in [0.4, 0.5) is 0 Å². The lowest BCUT2D eigenvalue weighted by Crippen LogP contribution is -2.35. The van der Waals surface area contributed by atoms with Gasteiger partial charge in [-0.1, -0.05) is 29.3 Å². The first kappa shape index (κ1) is 16.3. The van der Waals surface area contributed by atoms with Crippen LogP contribution in [0.25, 0.3) is 10.9 Å². The SMILES string of the molecule is Cc1ccc(C(=O)N2CCc3c([nH]c4ccc(Cl)cc34)C2)c(O)c1Cl. The van der Waals surface area contributed by atoms with E-state index < -0.39 is 0 Å². The summed E-state index contributed by atoms with van der Waals surface area (Å²) in [5.74, 6) is -0.373. The van der Waals surface area contributed by atoms with Crippen LogP contribution in [0.5, 0.6) is 5.75 Å². The van der Waals surface area contributed by atoms with Crippen molar-refractivity contribution < 1.29 is 9.90 Å². The second-order valence-electron chi connectivity index (χ2n) is 6.34. The highest BCUT2D eigenvalue weighted by Gasteiger charge is 2.27. The summed E-state index contributed by atoms with van der Waals surface area (Å²) in [6.45, 7) is 2.83. The number of aromatic hydroxyl groups is 1. The second-order valence-corrected chi connectivity index (χ2v) is 7.16. The Balaban J connectivity index is 1.67. The van der Waals surface area contributed by atoms with Gasteiger partial charge in [0, 0.05) is 28.2 Å². The predicted octanol–water partition coefficient (Wildman–Crippen LogP) is 4.69. The van der Waals surface area contributed by atoms with Crippen molar-refractivity contribution in [2.75, 3.05) is 6.54 Å². The molecule has 4 nitrogen and oxygen atoms in total. The van der Waals surface area contributed by atoms with E-state index in [0.29, 0.717) is 18.1 Å². The Morgan fingerprint density at radius 3 is 2.84 bits per heavy atom. The highest BCUT2D eigenvalue weighted by atomic mass is 35.5. The molecule has 0 radical (unpaired) electrons. The molecular weight excluding hydrogens is 359 g/mol. The van der Waals surface area contributed by atoms with Crippen LogP contribution in [-0.2, 0) is 13.0 Å². The van der Waals surface area contributed by atoms with E-state index in [-0.39, 0.29) is 22.2 Å². The number of carbonyl (C=O) groups excluding carboxylic acids is 1. The molecule has 25 heavy (non-hydrogen) atoms. The Morgan fingerprint density at radius 2 is 2.04 bits per heavy atom. The van der Waals surface area contributed by atoms with E-state index in [1.54, 1.807) is 24.0 Å². The van der Waals surface area contributed by atoms with Gasteiger partial charge in [0.25, 0.3) is 5.91 Å². The molecule has 0 saturated heterocycles. The lowest BCUT2D eigenvalue weighted by Gasteiger charge is -2.27. The van der Waals surface area contributed by atoms with Crippen LogP contribution >= 0.6 is 23.2 Å². The molecular formula is C19H16Cl2N2O2. The number of phenolic OH excluding ortho intramolecular Hbond substituents is 1. The van der Waals surface area contributed by atoms with Crippen molar-refractivity contribution in [2.45, 2.75) is 19.9 Å². The van der Waals surface area contributed by atoms with Crippen molar-refractivity contribution in [1.82, 2.24) is 9.88 Å². The number of nitrogens with one attached hydrogen (secondary N) is 1. The van der Waals surface area contributed by atoms with Gasteiger partial charge in [0.2, 0.25) is 0 Å². The first-order chi connectivity index (χ1) is 12.0. The molecule has 2 N–H and O–H groups in total. The number of aromatic nitrogens is 1. The second kappa shape index (κ2) is 5.97. The zero-order valence-corrected chi connectivity index (χ0v) is 15.1. The van der Waals surface area contributed by atoms with E-state index in [4.69, 9.17) is 23.2 Å². The van der Waals surface area contributed by atoms with Crippen LogP contribution < -0.4 is 0 Å². The average Bonchev–Trinajstić information content (AvgIpc) is 2.96. The summed E-state index contributed by atoms with van der Waals surface area (Å²) in [6.07, 6.45) is 0.738. The first-order valence-electron chi connectivity index (χ1n) is 8.02. The number of aryl methyl sites for hydroxylation is 1. The highest BCUT2D eigenvalue weighted by molar-refractivity contribution is 6.33.